The summed E-state index contributed by atoms with van der Waals surface area (Å²) in [5.74, 6) is 0.914. The van der Waals surface area contributed by atoms with Crippen LogP contribution in [0, 0.1) is 13.8 Å². The Bertz CT molecular complexity index is 361. The lowest BCUT2D eigenvalue weighted by molar-refractivity contribution is -0.131. The Hall–Kier alpha value is -1.36. The van der Waals surface area contributed by atoms with Crippen LogP contribution in [0.15, 0.2) is 4.52 Å². The molecule has 5 nitrogen and oxygen atoms in total. The molecular weight excluding hydrogens is 206 g/mol. The zero-order valence-corrected chi connectivity index (χ0v) is 9.75. The van der Waals surface area contributed by atoms with Gasteiger partial charge in [0.25, 0.3) is 0 Å². The van der Waals surface area contributed by atoms with Gasteiger partial charge < -0.3 is 14.7 Å². The molecule has 0 unspecified atom stereocenters. The smallest absolute Gasteiger partial charge is 0.227 e. The summed E-state index contributed by atoms with van der Waals surface area (Å²) in [6, 6.07) is 0. The molecule has 1 amide bonds. The molecule has 0 spiro atoms. The summed E-state index contributed by atoms with van der Waals surface area (Å²) in [5, 5.41) is 7.08. The first-order valence-corrected chi connectivity index (χ1v) is 5.58. The average molecular weight is 223 g/mol. The van der Waals surface area contributed by atoms with E-state index >= 15 is 0 Å². The van der Waals surface area contributed by atoms with E-state index in [1.165, 1.54) is 0 Å². The normalized spacial score (nSPS) is 16.5. The SMILES string of the molecule is Cc1noc(C)c1CC(=O)N1CCNCC1. The quantitative estimate of drug-likeness (QED) is 0.781. The van der Waals surface area contributed by atoms with Crippen molar-refractivity contribution < 1.29 is 9.32 Å². The molecule has 0 radical (unpaired) electrons. The number of hydrogen-bond acceptors (Lipinski definition) is 4. The summed E-state index contributed by atoms with van der Waals surface area (Å²) in [6.45, 7) is 7.07. The lowest BCUT2D eigenvalue weighted by Gasteiger charge is -2.27. The van der Waals surface area contributed by atoms with E-state index < -0.39 is 0 Å². The van der Waals surface area contributed by atoms with Crippen molar-refractivity contribution in [1.29, 1.82) is 0 Å². The van der Waals surface area contributed by atoms with E-state index in [4.69, 9.17) is 4.52 Å². The molecule has 0 aliphatic carbocycles. The van der Waals surface area contributed by atoms with E-state index in [2.05, 4.69) is 10.5 Å². The summed E-state index contributed by atoms with van der Waals surface area (Å²) in [7, 11) is 0. The molecule has 88 valence electrons. The van der Waals surface area contributed by atoms with E-state index in [0.29, 0.717) is 6.42 Å². The predicted octanol–water partition coefficient (Wildman–Crippen LogP) is 0.266. The van der Waals surface area contributed by atoms with E-state index in [0.717, 1.165) is 43.2 Å². The van der Waals surface area contributed by atoms with Crippen LogP contribution in [-0.4, -0.2) is 42.1 Å². The molecule has 1 aromatic rings. The van der Waals surface area contributed by atoms with Gasteiger partial charge >= 0.3 is 0 Å². The minimum Gasteiger partial charge on any atom is -0.361 e. The van der Waals surface area contributed by atoms with Crippen LogP contribution in [0.2, 0.25) is 0 Å². The molecule has 1 aliphatic heterocycles. The van der Waals surface area contributed by atoms with Crippen LogP contribution in [0.1, 0.15) is 17.0 Å². The molecule has 5 heteroatoms. The second kappa shape index (κ2) is 4.65. The summed E-state index contributed by atoms with van der Waals surface area (Å²) >= 11 is 0. The number of aromatic nitrogens is 1. The van der Waals surface area contributed by atoms with Crippen molar-refractivity contribution in [2.75, 3.05) is 26.2 Å². The molecule has 0 atom stereocenters. The number of piperazine rings is 1. The Morgan fingerprint density at radius 1 is 1.44 bits per heavy atom. The molecular formula is C11H17N3O2. The Morgan fingerprint density at radius 3 is 2.69 bits per heavy atom. The molecule has 1 aromatic heterocycles. The first kappa shape index (κ1) is 11.1. The number of carbonyl (C=O) groups is 1. The van der Waals surface area contributed by atoms with Gasteiger partial charge in [0, 0.05) is 31.7 Å². The molecule has 2 heterocycles. The standard InChI is InChI=1S/C11H17N3O2/c1-8-10(9(2)16-13-8)7-11(15)14-5-3-12-4-6-14/h12H,3-7H2,1-2H3. The van der Waals surface area contributed by atoms with Gasteiger partial charge in [-0.05, 0) is 13.8 Å². The van der Waals surface area contributed by atoms with Crippen molar-refractivity contribution in [1.82, 2.24) is 15.4 Å². The molecule has 2 rings (SSSR count). The van der Waals surface area contributed by atoms with Crippen LogP contribution in [-0.2, 0) is 11.2 Å². The number of nitrogens with one attached hydrogen (secondary N) is 1. The van der Waals surface area contributed by atoms with Gasteiger partial charge in [0.2, 0.25) is 5.91 Å². The third kappa shape index (κ3) is 2.24. The number of carbonyl (C=O) groups excluding carboxylic acids is 1. The average Bonchev–Trinajstić information content (AvgIpc) is 2.62. The van der Waals surface area contributed by atoms with Crippen LogP contribution in [0.4, 0.5) is 0 Å². The summed E-state index contributed by atoms with van der Waals surface area (Å²) < 4.78 is 5.05. The second-order valence-corrected chi connectivity index (χ2v) is 4.11. The van der Waals surface area contributed by atoms with Gasteiger partial charge in [0.05, 0.1) is 12.1 Å². The molecule has 0 aromatic carbocycles. The highest BCUT2D eigenvalue weighted by molar-refractivity contribution is 5.79. The van der Waals surface area contributed by atoms with E-state index in [1.54, 1.807) is 0 Å². The lowest BCUT2D eigenvalue weighted by Crippen LogP contribution is -2.47. The summed E-state index contributed by atoms with van der Waals surface area (Å²) in [6.07, 6.45) is 0.404. The molecule has 0 saturated carbocycles. The van der Waals surface area contributed by atoms with Gasteiger partial charge in [0.15, 0.2) is 0 Å². The van der Waals surface area contributed by atoms with Gasteiger partial charge in [-0.25, -0.2) is 0 Å². The highest BCUT2D eigenvalue weighted by Gasteiger charge is 2.19. The lowest BCUT2D eigenvalue weighted by atomic mass is 10.1. The Labute approximate surface area is 94.8 Å². The van der Waals surface area contributed by atoms with Crippen LogP contribution < -0.4 is 5.32 Å². The first-order chi connectivity index (χ1) is 7.68. The molecule has 0 bridgehead atoms. The van der Waals surface area contributed by atoms with Gasteiger partial charge in [-0.3, -0.25) is 4.79 Å². The fraction of sp³-hybridized carbons (Fsp3) is 0.636. The maximum absolute atomic E-state index is 12.0. The highest BCUT2D eigenvalue weighted by Crippen LogP contribution is 2.14. The van der Waals surface area contributed by atoms with Crippen LogP contribution in [0.5, 0.6) is 0 Å². The fourth-order valence-electron chi connectivity index (χ4n) is 1.93. The monoisotopic (exact) mass is 223 g/mol. The van der Waals surface area contributed by atoms with Gasteiger partial charge in [-0.15, -0.1) is 0 Å². The van der Waals surface area contributed by atoms with Crippen molar-refractivity contribution in [3.63, 3.8) is 0 Å². The molecule has 1 aliphatic rings. The largest absolute Gasteiger partial charge is 0.361 e. The van der Waals surface area contributed by atoms with E-state index in [1.807, 2.05) is 18.7 Å². The maximum Gasteiger partial charge on any atom is 0.227 e. The second-order valence-electron chi connectivity index (χ2n) is 4.11. The predicted molar refractivity (Wildman–Crippen MR) is 59.1 cm³/mol. The van der Waals surface area contributed by atoms with Crippen molar-refractivity contribution in [2.45, 2.75) is 20.3 Å². The molecule has 1 saturated heterocycles. The maximum atomic E-state index is 12.0. The number of rotatable bonds is 2. The molecule has 1 N–H and O–H groups in total. The van der Waals surface area contributed by atoms with Crippen molar-refractivity contribution in [3.05, 3.63) is 17.0 Å². The minimum absolute atomic E-state index is 0.163. The van der Waals surface area contributed by atoms with Crippen LogP contribution in [0.3, 0.4) is 0 Å². The number of hydrogen-bond donors (Lipinski definition) is 1. The summed E-state index contributed by atoms with van der Waals surface area (Å²) in [4.78, 5) is 13.9. The molecule has 16 heavy (non-hydrogen) atoms. The highest BCUT2D eigenvalue weighted by atomic mass is 16.5. The topological polar surface area (TPSA) is 58.4 Å². The molecule has 1 fully saturated rings. The van der Waals surface area contributed by atoms with E-state index in [-0.39, 0.29) is 5.91 Å². The zero-order valence-electron chi connectivity index (χ0n) is 9.75. The fourth-order valence-corrected chi connectivity index (χ4v) is 1.93. The van der Waals surface area contributed by atoms with Crippen LogP contribution >= 0.6 is 0 Å². The zero-order chi connectivity index (χ0) is 11.5. The van der Waals surface area contributed by atoms with Gasteiger partial charge in [0.1, 0.15) is 5.76 Å². The minimum atomic E-state index is 0.163. The van der Waals surface area contributed by atoms with Gasteiger partial charge in [-0.2, -0.15) is 0 Å². The third-order valence-electron chi connectivity index (χ3n) is 2.98. The van der Waals surface area contributed by atoms with Gasteiger partial charge in [-0.1, -0.05) is 5.16 Å². The number of nitrogens with zero attached hydrogens (tertiary/aromatic N) is 2. The van der Waals surface area contributed by atoms with Crippen LogP contribution in [0.25, 0.3) is 0 Å². The third-order valence-corrected chi connectivity index (χ3v) is 2.98. The van der Waals surface area contributed by atoms with Crippen molar-refractivity contribution in [3.8, 4) is 0 Å². The van der Waals surface area contributed by atoms with E-state index in [9.17, 15) is 4.79 Å². The van der Waals surface area contributed by atoms with Crippen molar-refractivity contribution in [2.24, 2.45) is 0 Å². The first-order valence-electron chi connectivity index (χ1n) is 5.58. The Balaban J connectivity index is 2.01. The Morgan fingerprint density at radius 2 is 2.12 bits per heavy atom. The van der Waals surface area contributed by atoms with Crippen molar-refractivity contribution >= 4 is 5.91 Å². The Kier molecular flexibility index (Phi) is 3.24. The number of aryl methyl sites for hydroxylation is 2. The number of amides is 1. The summed E-state index contributed by atoms with van der Waals surface area (Å²) in [5.41, 5.74) is 1.75.